The molecule has 26 heavy (non-hydrogen) atoms. The van der Waals surface area contributed by atoms with Gasteiger partial charge in [0.15, 0.2) is 0 Å². The Morgan fingerprint density at radius 3 is 2.69 bits per heavy atom. The molecule has 4 nitrogen and oxygen atoms in total. The van der Waals surface area contributed by atoms with Crippen molar-refractivity contribution in [3.8, 4) is 0 Å². The number of rotatable bonds is 2. The van der Waals surface area contributed by atoms with E-state index in [0.717, 1.165) is 47.9 Å². The zero-order valence-corrected chi connectivity index (χ0v) is 15.1. The third-order valence-electron chi connectivity index (χ3n) is 5.26. The van der Waals surface area contributed by atoms with Crippen molar-refractivity contribution in [3.05, 3.63) is 65.3 Å². The average molecular weight is 361 g/mol. The first-order valence-corrected chi connectivity index (χ1v) is 9.82. The molecule has 2 aromatic carbocycles. The fourth-order valence-electron chi connectivity index (χ4n) is 3.81. The largest absolute Gasteiger partial charge is 0.360 e. The minimum Gasteiger partial charge on any atom is -0.360 e. The Kier molecular flexibility index (Phi) is 3.75. The molecule has 0 radical (unpaired) electrons. The highest BCUT2D eigenvalue weighted by atomic mass is 32.1. The van der Waals surface area contributed by atoms with Crippen LogP contribution in [0.25, 0.3) is 21.1 Å². The van der Waals surface area contributed by atoms with E-state index in [2.05, 4.69) is 23.2 Å². The molecule has 3 heterocycles. The van der Waals surface area contributed by atoms with Gasteiger partial charge in [-0.15, -0.1) is 11.3 Å². The zero-order valence-electron chi connectivity index (χ0n) is 14.3. The number of para-hydroxylation sites is 2. The fourth-order valence-corrected chi connectivity index (χ4v) is 4.95. The van der Waals surface area contributed by atoms with Gasteiger partial charge in [-0.25, -0.2) is 4.98 Å². The molecule has 4 aromatic rings. The Labute approximate surface area is 155 Å². The molecule has 0 saturated carbocycles. The topological polar surface area (TPSA) is 49.0 Å². The monoisotopic (exact) mass is 361 g/mol. The summed E-state index contributed by atoms with van der Waals surface area (Å²) in [5, 5.41) is 2.22. The molecule has 1 N–H and O–H groups in total. The second-order valence-electron chi connectivity index (χ2n) is 6.83. The maximum Gasteiger partial charge on any atom is 0.256 e. The van der Waals surface area contributed by atoms with Crippen LogP contribution >= 0.6 is 11.3 Å². The highest BCUT2D eigenvalue weighted by Gasteiger charge is 2.27. The first-order valence-electron chi connectivity index (χ1n) is 9.00. The van der Waals surface area contributed by atoms with Crippen LogP contribution in [0.15, 0.2) is 54.7 Å². The summed E-state index contributed by atoms with van der Waals surface area (Å²) in [5.74, 6) is 0.588. The number of fused-ring (bicyclic) bond motifs is 2. The summed E-state index contributed by atoms with van der Waals surface area (Å²) < 4.78 is 1.25. The number of piperidine rings is 1. The Morgan fingerprint density at radius 2 is 1.85 bits per heavy atom. The van der Waals surface area contributed by atoms with E-state index in [1.807, 2.05) is 41.4 Å². The summed E-state index contributed by atoms with van der Waals surface area (Å²) >= 11 is 1.79. The summed E-state index contributed by atoms with van der Waals surface area (Å²) in [7, 11) is 0. The van der Waals surface area contributed by atoms with Crippen LogP contribution in [0, 0.1) is 0 Å². The Bertz CT molecular complexity index is 1060. The number of nitrogens with one attached hydrogen (secondary N) is 1. The highest BCUT2D eigenvalue weighted by Crippen LogP contribution is 2.34. The molecule has 1 amide bonds. The van der Waals surface area contributed by atoms with Crippen LogP contribution in [0.4, 0.5) is 0 Å². The number of likely N-dealkylation sites (tertiary alicyclic amines) is 1. The van der Waals surface area contributed by atoms with E-state index in [1.165, 1.54) is 9.71 Å². The van der Waals surface area contributed by atoms with Crippen LogP contribution in [0.3, 0.4) is 0 Å². The number of carbonyl (C=O) groups is 1. The average Bonchev–Trinajstić information content (AvgIpc) is 3.32. The molecule has 0 unspecified atom stereocenters. The van der Waals surface area contributed by atoms with Crippen LogP contribution in [-0.2, 0) is 0 Å². The standard InChI is InChI=1S/C21H19N3OS/c25-21(16-13-22-17-6-2-1-5-15(16)17)24-11-9-14(10-12-24)20-23-18-7-3-4-8-19(18)26-20/h1-8,13-14,22H,9-12H2. The maximum absolute atomic E-state index is 13.0. The third kappa shape index (κ3) is 2.59. The zero-order chi connectivity index (χ0) is 17.5. The van der Waals surface area contributed by atoms with Crippen molar-refractivity contribution in [2.75, 3.05) is 13.1 Å². The van der Waals surface area contributed by atoms with E-state index < -0.39 is 0 Å². The van der Waals surface area contributed by atoms with Crippen LogP contribution < -0.4 is 0 Å². The third-order valence-corrected chi connectivity index (χ3v) is 6.46. The van der Waals surface area contributed by atoms with Gasteiger partial charge in [0.2, 0.25) is 0 Å². The maximum atomic E-state index is 13.0. The Morgan fingerprint density at radius 1 is 1.08 bits per heavy atom. The highest BCUT2D eigenvalue weighted by molar-refractivity contribution is 7.18. The van der Waals surface area contributed by atoms with Gasteiger partial charge in [0.25, 0.3) is 5.91 Å². The summed E-state index contributed by atoms with van der Waals surface area (Å²) in [4.78, 5) is 22.9. The summed E-state index contributed by atoms with van der Waals surface area (Å²) in [6.45, 7) is 1.58. The summed E-state index contributed by atoms with van der Waals surface area (Å²) in [6, 6.07) is 16.3. The van der Waals surface area contributed by atoms with Gasteiger partial charge in [-0.3, -0.25) is 4.79 Å². The Balaban J connectivity index is 1.33. The lowest BCUT2D eigenvalue weighted by molar-refractivity contribution is 0.0715. The first kappa shape index (κ1) is 15.6. The predicted molar refractivity (Wildman–Crippen MR) is 106 cm³/mol. The molecule has 0 aliphatic carbocycles. The predicted octanol–water partition coefficient (Wildman–Crippen LogP) is 4.80. The van der Waals surface area contributed by atoms with Crippen molar-refractivity contribution in [2.45, 2.75) is 18.8 Å². The van der Waals surface area contributed by atoms with Gasteiger partial charge in [0.05, 0.1) is 20.8 Å². The van der Waals surface area contributed by atoms with Crippen molar-refractivity contribution in [1.29, 1.82) is 0 Å². The van der Waals surface area contributed by atoms with Crippen molar-refractivity contribution in [2.24, 2.45) is 0 Å². The molecule has 1 fully saturated rings. The second kappa shape index (κ2) is 6.25. The molecule has 5 rings (SSSR count). The first-order chi connectivity index (χ1) is 12.8. The minimum absolute atomic E-state index is 0.130. The molecule has 130 valence electrons. The van der Waals surface area contributed by atoms with Crippen LogP contribution in [0.1, 0.15) is 34.1 Å². The van der Waals surface area contributed by atoms with Gasteiger partial charge >= 0.3 is 0 Å². The molecule has 1 aliphatic heterocycles. The molecule has 5 heteroatoms. The van der Waals surface area contributed by atoms with Crippen LogP contribution in [0.5, 0.6) is 0 Å². The number of amides is 1. The lowest BCUT2D eigenvalue weighted by Gasteiger charge is -2.31. The van der Waals surface area contributed by atoms with Gasteiger partial charge in [0, 0.05) is 36.1 Å². The number of carbonyl (C=O) groups excluding carboxylic acids is 1. The fraction of sp³-hybridized carbons (Fsp3) is 0.238. The number of aromatic nitrogens is 2. The van der Waals surface area contributed by atoms with Gasteiger partial charge in [-0.2, -0.15) is 0 Å². The number of thiazole rings is 1. The molecule has 0 atom stereocenters. The van der Waals surface area contributed by atoms with E-state index >= 15 is 0 Å². The van der Waals surface area contributed by atoms with Crippen molar-refractivity contribution in [3.63, 3.8) is 0 Å². The number of hydrogen-bond acceptors (Lipinski definition) is 3. The van der Waals surface area contributed by atoms with E-state index in [9.17, 15) is 4.79 Å². The lowest BCUT2D eigenvalue weighted by atomic mass is 9.97. The van der Waals surface area contributed by atoms with E-state index in [1.54, 1.807) is 11.3 Å². The molecule has 2 aromatic heterocycles. The van der Waals surface area contributed by atoms with Gasteiger partial charge in [0.1, 0.15) is 0 Å². The number of hydrogen-bond donors (Lipinski definition) is 1. The molecule has 0 bridgehead atoms. The molecule has 1 saturated heterocycles. The van der Waals surface area contributed by atoms with Gasteiger partial charge in [-0.1, -0.05) is 30.3 Å². The molecule has 0 spiro atoms. The van der Waals surface area contributed by atoms with Crippen LogP contribution in [-0.4, -0.2) is 33.9 Å². The number of aromatic amines is 1. The quantitative estimate of drug-likeness (QED) is 0.558. The van der Waals surface area contributed by atoms with Gasteiger partial charge in [-0.05, 0) is 31.0 Å². The number of H-pyrrole nitrogens is 1. The summed E-state index contributed by atoms with van der Waals surface area (Å²) in [5.41, 5.74) is 2.88. The number of benzene rings is 2. The van der Waals surface area contributed by atoms with E-state index in [4.69, 9.17) is 4.98 Å². The van der Waals surface area contributed by atoms with E-state index in [0.29, 0.717) is 5.92 Å². The minimum atomic E-state index is 0.130. The number of nitrogens with zero attached hydrogens (tertiary/aromatic N) is 2. The van der Waals surface area contributed by atoms with Crippen LogP contribution in [0.2, 0.25) is 0 Å². The lowest BCUT2D eigenvalue weighted by Crippen LogP contribution is -2.37. The normalized spacial score (nSPS) is 15.8. The molecular formula is C21H19N3OS. The van der Waals surface area contributed by atoms with Crippen molar-refractivity contribution < 1.29 is 4.79 Å². The second-order valence-corrected chi connectivity index (χ2v) is 7.90. The smallest absolute Gasteiger partial charge is 0.256 e. The summed E-state index contributed by atoms with van der Waals surface area (Å²) in [6.07, 6.45) is 3.80. The van der Waals surface area contributed by atoms with Crippen molar-refractivity contribution >= 4 is 38.4 Å². The SMILES string of the molecule is O=C(c1c[nH]c2ccccc12)N1CCC(c2nc3ccccc3s2)CC1. The molecular weight excluding hydrogens is 342 g/mol. The van der Waals surface area contributed by atoms with E-state index in [-0.39, 0.29) is 5.91 Å². The molecule has 1 aliphatic rings. The Hall–Kier alpha value is -2.66. The van der Waals surface area contributed by atoms with Gasteiger partial charge < -0.3 is 9.88 Å². The van der Waals surface area contributed by atoms with Crippen molar-refractivity contribution in [1.82, 2.24) is 14.9 Å².